The largest absolute Gasteiger partial charge is 0.478 e. The van der Waals surface area contributed by atoms with Crippen LogP contribution in [0.15, 0.2) is 22.8 Å². The molecule has 45 heavy (non-hydrogen) atoms. The minimum atomic E-state index is -1.53. The number of allylic oxidation sites excluding steroid dienone is 2. The van der Waals surface area contributed by atoms with Gasteiger partial charge in [0, 0.05) is 17.4 Å². The number of carboxylic acid groups (broad SMARTS) is 1. The van der Waals surface area contributed by atoms with Gasteiger partial charge in [0.25, 0.3) is 0 Å². The third-order valence-electron chi connectivity index (χ3n) is 13.7. The molecule has 9 nitrogen and oxygen atoms in total. The second-order valence-electron chi connectivity index (χ2n) is 16.2. The van der Waals surface area contributed by atoms with Gasteiger partial charge >= 0.3 is 5.97 Å². The van der Waals surface area contributed by atoms with Crippen LogP contribution in [0.25, 0.3) is 0 Å². The van der Waals surface area contributed by atoms with Crippen LogP contribution < -0.4 is 0 Å². The van der Waals surface area contributed by atoms with Crippen molar-refractivity contribution >= 4 is 11.8 Å². The van der Waals surface area contributed by atoms with Crippen LogP contribution in [0.1, 0.15) is 106 Å². The molecule has 5 aliphatic rings. The van der Waals surface area contributed by atoms with Gasteiger partial charge in [0.1, 0.15) is 30.2 Å². The van der Waals surface area contributed by atoms with E-state index in [2.05, 4.69) is 41.5 Å². The first-order valence-electron chi connectivity index (χ1n) is 17.1. The maximum Gasteiger partial charge on any atom is 0.330 e. The van der Waals surface area contributed by atoms with E-state index in [4.69, 9.17) is 9.47 Å². The lowest BCUT2D eigenvalue weighted by Gasteiger charge is -2.62. The monoisotopic (exact) mass is 632 g/mol. The van der Waals surface area contributed by atoms with E-state index in [1.165, 1.54) is 11.1 Å². The highest BCUT2D eigenvalue weighted by molar-refractivity contribution is 5.86. The molecular weight excluding hydrogens is 576 g/mol. The van der Waals surface area contributed by atoms with E-state index in [-0.39, 0.29) is 22.2 Å². The molecule has 0 amide bonds. The zero-order valence-electron chi connectivity index (χ0n) is 28.2. The minimum absolute atomic E-state index is 0.0943. The number of ether oxygens (including phenoxy) is 2. The van der Waals surface area contributed by atoms with Crippen LogP contribution in [0, 0.1) is 39.4 Å². The van der Waals surface area contributed by atoms with E-state index in [0.717, 1.165) is 38.5 Å². The number of aliphatic carboxylic acids is 1. The molecule has 0 aromatic heterocycles. The highest BCUT2D eigenvalue weighted by Gasteiger charge is 2.66. The second-order valence-corrected chi connectivity index (χ2v) is 16.2. The van der Waals surface area contributed by atoms with Crippen LogP contribution in [-0.2, 0) is 19.1 Å². The van der Waals surface area contributed by atoms with Crippen molar-refractivity contribution in [1.82, 2.24) is 0 Å². The summed E-state index contributed by atoms with van der Waals surface area (Å²) in [7, 11) is 0. The zero-order chi connectivity index (χ0) is 33.3. The molecule has 1 saturated heterocycles. The Balaban J connectivity index is 1.56. The molecule has 1 heterocycles. The van der Waals surface area contributed by atoms with Gasteiger partial charge in [-0.2, -0.15) is 0 Å². The van der Waals surface area contributed by atoms with Crippen molar-refractivity contribution in [2.45, 2.75) is 143 Å². The molecule has 254 valence electrons. The van der Waals surface area contributed by atoms with E-state index >= 15 is 0 Å². The maximum absolute atomic E-state index is 13.2. The Labute approximate surface area is 268 Å². The average Bonchev–Trinajstić information content (AvgIpc) is 3.25. The number of hydrogen-bond donors (Lipinski definition) is 5. The lowest BCUT2D eigenvalue weighted by atomic mass is 9.43. The summed E-state index contributed by atoms with van der Waals surface area (Å²) >= 11 is 0. The summed E-state index contributed by atoms with van der Waals surface area (Å²) in [6.45, 7) is 14.6. The standard InChI is InChI=1S/C36H56O9/c1-19(9-8-10-20(2)31(42)43)21-13-16-35(6)22-11-12-25-33(3,4)26(38)14-15-34(25,5)27(22)23(17-36(21,35)7)44-32-30(41)29(40)28(39)24(18-37)45-32/h10,19,21,23-25,28-30,32,37,39-41H,8-9,11-18H2,1-7H3,(H,42,43)/b20-10-/t19-,21-,23+,24-,25+,28-,29+,30-,32-,34+,35+,36-/m1/s1. The van der Waals surface area contributed by atoms with Crippen LogP contribution >= 0.6 is 0 Å². The molecule has 0 aromatic rings. The average molecular weight is 633 g/mol. The number of ketones is 1. The molecule has 0 unspecified atom stereocenters. The summed E-state index contributed by atoms with van der Waals surface area (Å²) in [5.41, 5.74) is 1.97. The summed E-state index contributed by atoms with van der Waals surface area (Å²) in [6, 6.07) is 0. The molecule has 0 bridgehead atoms. The zero-order valence-corrected chi connectivity index (χ0v) is 28.2. The molecule has 0 spiro atoms. The van der Waals surface area contributed by atoms with Crippen molar-refractivity contribution in [3.05, 3.63) is 22.8 Å². The summed E-state index contributed by atoms with van der Waals surface area (Å²) in [4.78, 5) is 24.6. The van der Waals surface area contributed by atoms with Gasteiger partial charge in [0.2, 0.25) is 0 Å². The molecule has 9 heteroatoms. The van der Waals surface area contributed by atoms with E-state index in [1.807, 2.05) is 6.08 Å². The maximum atomic E-state index is 13.2. The number of fused-ring (bicyclic) bond motifs is 4. The quantitative estimate of drug-likeness (QED) is 0.192. The smallest absolute Gasteiger partial charge is 0.330 e. The van der Waals surface area contributed by atoms with Crippen LogP contribution in [0.3, 0.4) is 0 Å². The number of hydrogen-bond acceptors (Lipinski definition) is 8. The minimum Gasteiger partial charge on any atom is -0.478 e. The van der Waals surface area contributed by atoms with Gasteiger partial charge in [-0.25, -0.2) is 4.79 Å². The Kier molecular flexibility index (Phi) is 9.35. The Morgan fingerprint density at radius 3 is 2.38 bits per heavy atom. The molecule has 4 aliphatic carbocycles. The number of carbonyl (C=O) groups excluding carboxylic acids is 1. The lowest BCUT2D eigenvalue weighted by molar-refractivity contribution is -0.313. The van der Waals surface area contributed by atoms with Crippen molar-refractivity contribution in [3.63, 3.8) is 0 Å². The first kappa shape index (κ1) is 34.7. The predicted molar refractivity (Wildman–Crippen MR) is 168 cm³/mol. The van der Waals surface area contributed by atoms with Gasteiger partial charge in [-0.05, 0) is 97.9 Å². The Morgan fingerprint density at radius 1 is 1.04 bits per heavy atom. The van der Waals surface area contributed by atoms with Crippen molar-refractivity contribution in [2.24, 2.45) is 39.4 Å². The van der Waals surface area contributed by atoms with Crippen molar-refractivity contribution < 1.29 is 44.6 Å². The number of Topliss-reactive ketones (excluding diaryl/α,β-unsaturated/α-hetero) is 1. The van der Waals surface area contributed by atoms with Gasteiger partial charge in [-0.3, -0.25) is 4.79 Å². The van der Waals surface area contributed by atoms with Gasteiger partial charge in [-0.15, -0.1) is 0 Å². The highest BCUT2D eigenvalue weighted by Crippen LogP contribution is 2.72. The number of rotatable bonds is 8. The van der Waals surface area contributed by atoms with Crippen molar-refractivity contribution in [2.75, 3.05) is 6.61 Å². The summed E-state index contributed by atoms with van der Waals surface area (Å²) < 4.78 is 12.7. The van der Waals surface area contributed by atoms with E-state index < -0.39 is 54.8 Å². The molecular formula is C36H56O9. The van der Waals surface area contributed by atoms with Crippen molar-refractivity contribution in [3.8, 4) is 0 Å². The number of aliphatic hydroxyl groups excluding tert-OH is 4. The Bertz CT molecular complexity index is 1240. The fourth-order valence-corrected chi connectivity index (χ4v) is 10.8. The fourth-order valence-electron chi connectivity index (χ4n) is 10.8. The van der Waals surface area contributed by atoms with Crippen LogP contribution in [0.5, 0.6) is 0 Å². The van der Waals surface area contributed by atoms with Crippen LogP contribution in [-0.4, -0.2) is 80.7 Å². The molecule has 3 fully saturated rings. The van der Waals surface area contributed by atoms with Gasteiger partial charge in [0.15, 0.2) is 6.29 Å². The topological polar surface area (TPSA) is 154 Å². The molecule has 2 saturated carbocycles. The molecule has 1 aliphatic heterocycles. The second kappa shape index (κ2) is 12.1. The summed E-state index contributed by atoms with van der Waals surface area (Å²) in [5.74, 6) is 0.238. The molecule has 0 aromatic carbocycles. The molecule has 5 rings (SSSR count). The first-order valence-corrected chi connectivity index (χ1v) is 17.1. The SMILES string of the molecule is C/C(=C/CC[C@@H](C)[C@H]1CC[C@@]2(C)C3=C([C@@H](O[C@@H]4O[C@H](CO)[C@@H](O)[C@H](O)[C@H]4O)C[C@]12C)[C@@]1(C)CCC(=O)C(C)(C)[C@@H]1CC3)C(=O)O. The van der Waals surface area contributed by atoms with Gasteiger partial charge < -0.3 is 35.0 Å². The van der Waals surface area contributed by atoms with Crippen molar-refractivity contribution in [1.29, 1.82) is 0 Å². The van der Waals surface area contributed by atoms with Crippen LogP contribution in [0.2, 0.25) is 0 Å². The van der Waals surface area contributed by atoms with Crippen LogP contribution in [0.4, 0.5) is 0 Å². The van der Waals surface area contributed by atoms with E-state index in [1.54, 1.807) is 6.92 Å². The molecule has 5 N–H and O–H groups in total. The predicted octanol–water partition coefficient (Wildman–Crippen LogP) is 4.55. The lowest BCUT2D eigenvalue weighted by Crippen LogP contribution is -2.61. The Hall–Kier alpha value is -1.62. The van der Waals surface area contributed by atoms with Gasteiger partial charge in [-0.1, -0.05) is 53.2 Å². The Morgan fingerprint density at radius 2 is 1.73 bits per heavy atom. The third kappa shape index (κ3) is 5.38. The number of carboxylic acids is 1. The van der Waals surface area contributed by atoms with E-state index in [9.17, 15) is 35.1 Å². The van der Waals surface area contributed by atoms with Gasteiger partial charge in [0.05, 0.1) is 12.7 Å². The number of carbonyl (C=O) groups is 2. The molecule has 12 atom stereocenters. The normalized spacial score (nSPS) is 45.5. The molecule has 0 radical (unpaired) electrons. The third-order valence-corrected chi connectivity index (χ3v) is 13.7. The highest BCUT2D eigenvalue weighted by atomic mass is 16.7. The first-order chi connectivity index (χ1) is 20.9. The van der Waals surface area contributed by atoms with E-state index in [0.29, 0.717) is 42.5 Å². The number of aliphatic hydroxyl groups is 4. The fraction of sp³-hybridized carbons (Fsp3) is 0.833. The summed E-state index contributed by atoms with van der Waals surface area (Å²) in [6.07, 6.45) is 1.94. The summed E-state index contributed by atoms with van der Waals surface area (Å²) in [5, 5.41) is 51.3.